The number of aryl methyl sites for hydroxylation is 1. The highest BCUT2D eigenvalue weighted by molar-refractivity contribution is 5.91. The third-order valence-electron chi connectivity index (χ3n) is 3.45. The van der Waals surface area contributed by atoms with Crippen molar-refractivity contribution in [1.82, 2.24) is 0 Å². The molecular formula is C19H20FNO5. The summed E-state index contributed by atoms with van der Waals surface area (Å²) in [5.74, 6) is -0.744. The van der Waals surface area contributed by atoms with Gasteiger partial charge in [0.25, 0.3) is 0 Å². The van der Waals surface area contributed by atoms with E-state index in [0.29, 0.717) is 30.2 Å². The first-order chi connectivity index (χ1) is 12.4. The lowest BCUT2D eigenvalue weighted by atomic mass is 10.2. The summed E-state index contributed by atoms with van der Waals surface area (Å²) in [4.78, 5) is 22.5. The third-order valence-corrected chi connectivity index (χ3v) is 3.45. The zero-order chi connectivity index (χ0) is 18.9. The maximum Gasteiger partial charge on any atom is 0.341 e. The van der Waals surface area contributed by atoms with Gasteiger partial charge in [-0.1, -0.05) is 6.07 Å². The van der Waals surface area contributed by atoms with Crippen LogP contribution >= 0.6 is 0 Å². The highest BCUT2D eigenvalue weighted by atomic mass is 19.1. The molecule has 0 fully saturated rings. The standard InChI is InChI=1S/C19H20FNO5/c1-13-10-16(26-12-19(23)24)7-8-17(13)21-18(22)6-3-9-25-15-5-2-4-14(20)11-15/h2,4-5,7-8,10-11H,3,6,9,12H2,1H3,(H,21,22)(H,23,24). The van der Waals surface area contributed by atoms with E-state index in [-0.39, 0.29) is 18.1 Å². The minimum absolute atomic E-state index is 0.171. The Balaban J connectivity index is 1.75. The number of anilines is 1. The van der Waals surface area contributed by atoms with Crippen LogP contribution in [0.4, 0.5) is 10.1 Å². The van der Waals surface area contributed by atoms with Gasteiger partial charge in [0.1, 0.15) is 17.3 Å². The Kier molecular flexibility index (Phi) is 6.96. The average Bonchev–Trinajstić information content (AvgIpc) is 2.59. The van der Waals surface area contributed by atoms with E-state index in [2.05, 4.69) is 5.32 Å². The van der Waals surface area contributed by atoms with Crippen molar-refractivity contribution in [3.8, 4) is 11.5 Å². The van der Waals surface area contributed by atoms with E-state index in [9.17, 15) is 14.0 Å². The van der Waals surface area contributed by atoms with Crippen molar-refractivity contribution in [2.45, 2.75) is 19.8 Å². The number of carbonyl (C=O) groups is 2. The quantitative estimate of drug-likeness (QED) is 0.669. The fraction of sp³-hybridized carbons (Fsp3) is 0.263. The topological polar surface area (TPSA) is 84.9 Å². The second-order valence-electron chi connectivity index (χ2n) is 5.62. The Labute approximate surface area is 150 Å². The summed E-state index contributed by atoms with van der Waals surface area (Å²) >= 11 is 0. The van der Waals surface area contributed by atoms with Crippen molar-refractivity contribution in [3.05, 3.63) is 53.8 Å². The van der Waals surface area contributed by atoms with Crippen LogP contribution in [0.25, 0.3) is 0 Å². The van der Waals surface area contributed by atoms with Crippen molar-refractivity contribution in [3.63, 3.8) is 0 Å². The van der Waals surface area contributed by atoms with E-state index in [1.165, 1.54) is 12.1 Å². The zero-order valence-corrected chi connectivity index (χ0v) is 14.3. The summed E-state index contributed by atoms with van der Waals surface area (Å²) in [6.07, 6.45) is 0.743. The number of ether oxygens (including phenoxy) is 2. The van der Waals surface area contributed by atoms with Gasteiger partial charge in [-0.25, -0.2) is 9.18 Å². The maximum atomic E-state index is 13.0. The number of rotatable bonds is 9. The molecule has 2 N–H and O–H groups in total. The van der Waals surface area contributed by atoms with Gasteiger partial charge in [-0.2, -0.15) is 0 Å². The van der Waals surface area contributed by atoms with Crippen LogP contribution in [0.1, 0.15) is 18.4 Å². The summed E-state index contributed by atoms with van der Waals surface area (Å²) in [6, 6.07) is 10.8. The molecule has 7 heteroatoms. The first-order valence-corrected chi connectivity index (χ1v) is 8.07. The van der Waals surface area contributed by atoms with E-state index < -0.39 is 12.6 Å². The molecule has 2 rings (SSSR count). The summed E-state index contributed by atoms with van der Waals surface area (Å²) in [7, 11) is 0. The molecule has 6 nitrogen and oxygen atoms in total. The molecule has 1 amide bonds. The van der Waals surface area contributed by atoms with Crippen molar-refractivity contribution >= 4 is 17.6 Å². The van der Waals surface area contributed by atoms with E-state index in [0.717, 1.165) is 5.56 Å². The highest BCUT2D eigenvalue weighted by Gasteiger charge is 2.07. The highest BCUT2D eigenvalue weighted by Crippen LogP contribution is 2.21. The summed E-state index contributed by atoms with van der Waals surface area (Å²) in [5.41, 5.74) is 1.39. The van der Waals surface area contributed by atoms with Gasteiger partial charge in [0.15, 0.2) is 6.61 Å². The number of carboxylic acid groups (broad SMARTS) is 1. The van der Waals surface area contributed by atoms with Crippen LogP contribution < -0.4 is 14.8 Å². The second kappa shape index (κ2) is 9.41. The van der Waals surface area contributed by atoms with Crippen LogP contribution in [0.5, 0.6) is 11.5 Å². The van der Waals surface area contributed by atoms with Crippen LogP contribution in [0.3, 0.4) is 0 Å². The molecule has 0 bridgehead atoms. The molecule has 0 spiro atoms. The SMILES string of the molecule is Cc1cc(OCC(=O)O)ccc1NC(=O)CCCOc1cccc(F)c1. The number of benzene rings is 2. The molecular weight excluding hydrogens is 341 g/mol. The molecule has 2 aromatic rings. The summed E-state index contributed by atoms with van der Waals surface area (Å²) in [5, 5.41) is 11.4. The fourth-order valence-electron chi connectivity index (χ4n) is 2.20. The molecule has 0 aliphatic carbocycles. The normalized spacial score (nSPS) is 10.2. The number of hydrogen-bond donors (Lipinski definition) is 2. The minimum atomic E-state index is -1.06. The Morgan fingerprint density at radius 3 is 2.58 bits per heavy atom. The Hall–Kier alpha value is -3.09. The van der Waals surface area contributed by atoms with Crippen LogP contribution in [0.15, 0.2) is 42.5 Å². The van der Waals surface area contributed by atoms with Crippen molar-refractivity contribution in [2.75, 3.05) is 18.5 Å². The van der Waals surface area contributed by atoms with Crippen LogP contribution in [0, 0.1) is 12.7 Å². The van der Waals surface area contributed by atoms with E-state index >= 15 is 0 Å². The Morgan fingerprint density at radius 2 is 1.88 bits per heavy atom. The molecule has 26 heavy (non-hydrogen) atoms. The third kappa shape index (κ3) is 6.43. The number of aliphatic carboxylic acids is 1. The molecule has 0 heterocycles. The number of halogens is 1. The number of nitrogens with one attached hydrogen (secondary N) is 1. The predicted molar refractivity (Wildman–Crippen MR) is 94.1 cm³/mol. The number of carbonyl (C=O) groups excluding carboxylic acids is 1. The number of carboxylic acids is 1. The van der Waals surface area contributed by atoms with Crippen molar-refractivity contribution in [2.24, 2.45) is 0 Å². The van der Waals surface area contributed by atoms with Gasteiger partial charge >= 0.3 is 5.97 Å². The summed E-state index contributed by atoms with van der Waals surface area (Å²) in [6.45, 7) is 1.67. The largest absolute Gasteiger partial charge is 0.493 e. The van der Waals surface area contributed by atoms with Crippen LogP contribution in [0.2, 0.25) is 0 Å². The fourth-order valence-corrected chi connectivity index (χ4v) is 2.20. The molecule has 0 aliphatic rings. The number of amides is 1. The lowest BCUT2D eigenvalue weighted by Gasteiger charge is -2.11. The lowest BCUT2D eigenvalue weighted by Crippen LogP contribution is -2.14. The van der Waals surface area contributed by atoms with Crippen LogP contribution in [-0.2, 0) is 9.59 Å². The Morgan fingerprint density at radius 1 is 1.12 bits per heavy atom. The van der Waals surface area contributed by atoms with Gasteiger partial charge in [0.2, 0.25) is 5.91 Å². The summed E-state index contributed by atoms with van der Waals surface area (Å²) < 4.78 is 23.5. The molecule has 2 aromatic carbocycles. The van der Waals surface area contributed by atoms with Gasteiger partial charge < -0.3 is 19.9 Å². The molecule has 138 valence electrons. The lowest BCUT2D eigenvalue weighted by molar-refractivity contribution is -0.139. The van der Waals surface area contributed by atoms with Crippen molar-refractivity contribution in [1.29, 1.82) is 0 Å². The molecule has 0 radical (unpaired) electrons. The monoisotopic (exact) mass is 361 g/mol. The first-order valence-electron chi connectivity index (χ1n) is 8.07. The van der Waals surface area contributed by atoms with Gasteiger partial charge in [-0.15, -0.1) is 0 Å². The van der Waals surface area contributed by atoms with E-state index in [4.69, 9.17) is 14.6 Å². The minimum Gasteiger partial charge on any atom is -0.493 e. The second-order valence-corrected chi connectivity index (χ2v) is 5.62. The molecule has 0 unspecified atom stereocenters. The molecule has 0 aromatic heterocycles. The molecule has 0 saturated carbocycles. The maximum absolute atomic E-state index is 13.0. The molecule has 0 atom stereocenters. The predicted octanol–water partition coefficient (Wildman–Crippen LogP) is 3.40. The van der Waals surface area contributed by atoms with Gasteiger partial charge in [0.05, 0.1) is 6.61 Å². The first kappa shape index (κ1) is 19.2. The molecule has 0 aliphatic heterocycles. The van der Waals surface area contributed by atoms with Gasteiger partial charge in [-0.05, 0) is 49.2 Å². The average molecular weight is 361 g/mol. The van der Waals surface area contributed by atoms with Gasteiger partial charge in [0, 0.05) is 18.2 Å². The van der Waals surface area contributed by atoms with Gasteiger partial charge in [-0.3, -0.25) is 4.79 Å². The van der Waals surface area contributed by atoms with E-state index in [1.807, 2.05) is 0 Å². The Bertz CT molecular complexity index is 778. The smallest absolute Gasteiger partial charge is 0.341 e. The van der Waals surface area contributed by atoms with Crippen LogP contribution in [-0.4, -0.2) is 30.2 Å². The van der Waals surface area contributed by atoms with E-state index in [1.54, 1.807) is 37.3 Å². The van der Waals surface area contributed by atoms with Crippen molar-refractivity contribution < 1.29 is 28.6 Å². The molecule has 0 saturated heterocycles. The number of hydrogen-bond acceptors (Lipinski definition) is 4. The zero-order valence-electron chi connectivity index (χ0n) is 14.3.